The first-order chi connectivity index (χ1) is 11.2. The number of aliphatic hydroxyl groups is 1. The van der Waals surface area contributed by atoms with Gasteiger partial charge in [0.05, 0.1) is 6.26 Å². The van der Waals surface area contributed by atoms with Gasteiger partial charge >= 0.3 is 0 Å². The molecule has 0 aliphatic heterocycles. The average molecular weight is 316 g/mol. The van der Waals surface area contributed by atoms with E-state index in [0.717, 1.165) is 5.76 Å². The second-order valence-corrected chi connectivity index (χ2v) is 5.04. The fourth-order valence-corrected chi connectivity index (χ4v) is 2.00. The topological polar surface area (TPSA) is 91.6 Å². The molecule has 0 fully saturated rings. The number of furan rings is 1. The van der Waals surface area contributed by atoms with Crippen LogP contribution in [0.5, 0.6) is 0 Å². The molecule has 6 nitrogen and oxygen atoms in total. The number of benzene rings is 1. The van der Waals surface area contributed by atoms with Crippen molar-refractivity contribution in [1.82, 2.24) is 5.32 Å². The Kier molecular flexibility index (Phi) is 6.38. The van der Waals surface area contributed by atoms with E-state index in [-0.39, 0.29) is 18.4 Å². The molecule has 3 N–H and O–H groups in total. The standard InChI is InChI=1S/C17H20N2O4/c20-11-2-10-18-17(22)13-4-6-14(7-5-13)19-16(21)9-8-15-3-1-12-23-15/h1,3-7,12,20H,2,8-11H2,(H,18,22)(H,19,21). The zero-order valence-corrected chi connectivity index (χ0v) is 12.7. The average Bonchev–Trinajstić information content (AvgIpc) is 3.07. The minimum absolute atomic E-state index is 0.0449. The van der Waals surface area contributed by atoms with Gasteiger partial charge in [0.15, 0.2) is 0 Å². The lowest BCUT2D eigenvalue weighted by Gasteiger charge is -2.07. The van der Waals surface area contributed by atoms with Crippen LogP contribution >= 0.6 is 0 Å². The van der Waals surface area contributed by atoms with Crippen molar-refractivity contribution in [3.63, 3.8) is 0 Å². The number of amides is 2. The zero-order valence-electron chi connectivity index (χ0n) is 12.7. The van der Waals surface area contributed by atoms with Crippen LogP contribution < -0.4 is 10.6 Å². The van der Waals surface area contributed by atoms with Crippen LogP contribution in [0.3, 0.4) is 0 Å². The Morgan fingerprint density at radius 1 is 1.13 bits per heavy atom. The van der Waals surface area contributed by atoms with Gasteiger partial charge in [0.2, 0.25) is 5.91 Å². The Balaban J connectivity index is 1.79. The predicted octanol–water partition coefficient (Wildman–Crippen LogP) is 1.96. The number of aliphatic hydroxyl groups excluding tert-OH is 1. The summed E-state index contributed by atoms with van der Waals surface area (Å²) in [5, 5.41) is 14.2. The van der Waals surface area contributed by atoms with Crippen LogP contribution in [0, 0.1) is 0 Å². The highest BCUT2D eigenvalue weighted by molar-refractivity contribution is 5.95. The number of aryl methyl sites for hydroxylation is 1. The number of hydrogen-bond acceptors (Lipinski definition) is 4. The molecule has 6 heteroatoms. The summed E-state index contributed by atoms with van der Waals surface area (Å²) < 4.78 is 5.18. The maximum Gasteiger partial charge on any atom is 0.251 e. The van der Waals surface area contributed by atoms with E-state index < -0.39 is 0 Å². The molecule has 0 atom stereocenters. The van der Waals surface area contributed by atoms with Gasteiger partial charge < -0.3 is 20.2 Å². The lowest BCUT2D eigenvalue weighted by Crippen LogP contribution is -2.25. The van der Waals surface area contributed by atoms with Crippen molar-refractivity contribution in [1.29, 1.82) is 0 Å². The van der Waals surface area contributed by atoms with Gasteiger partial charge in [-0.25, -0.2) is 0 Å². The van der Waals surface area contributed by atoms with E-state index in [0.29, 0.717) is 37.1 Å². The van der Waals surface area contributed by atoms with E-state index >= 15 is 0 Å². The molecule has 1 aromatic carbocycles. The van der Waals surface area contributed by atoms with Crippen LogP contribution in [0.1, 0.15) is 29.0 Å². The Labute approximate surface area is 134 Å². The molecule has 2 aromatic rings. The van der Waals surface area contributed by atoms with E-state index in [4.69, 9.17) is 9.52 Å². The quantitative estimate of drug-likeness (QED) is 0.649. The van der Waals surface area contributed by atoms with Crippen molar-refractivity contribution in [3.8, 4) is 0 Å². The molecule has 0 saturated carbocycles. The van der Waals surface area contributed by atoms with E-state index in [1.165, 1.54) is 0 Å². The minimum atomic E-state index is -0.200. The summed E-state index contributed by atoms with van der Waals surface area (Å²) in [5.41, 5.74) is 1.15. The number of nitrogens with one attached hydrogen (secondary N) is 2. The summed E-state index contributed by atoms with van der Waals surface area (Å²) in [5.74, 6) is 0.464. The van der Waals surface area contributed by atoms with Gasteiger partial charge in [-0.3, -0.25) is 9.59 Å². The van der Waals surface area contributed by atoms with Gasteiger partial charge in [-0.05, 0) is 42.8 Å². The Bertz CT molecular complexity index is 621. The van der Waals surface area contributed by atoms with Crippen LogP contribution in [0.4, 0.5) is 5.69 Å². The number of carbonyl (C=O) groups is 2. The van der Waals surface area contributed by atoms with Gasteiger partial charge in [-0.15, -0.1) is 0 Å². The Morgan fingerprint density at radius 3 is 2.57 bits per heavy atom. The maximum atomic E-state index is 11.8. The highest BCUT2D eigenvalue weighted by atomic mass is 16.3. The number of hydrogen-bond donors (Lipinski definition) is 3. The van der Waals surface area contributed by atoms with Crippen molar-refractivity contribution in [2.45, 2.75) is 19.3 Å². The molecule has 0 bridgehead atoms. The minimum Gasteiger partial charge on any atom is -0.469 e. The first-order valence-corrected chi connectivity index (χ1v) is 7.50. The summed E-state index contributed by atoms with van der Waals surface area (Å²) in [6.45, 7) is 0.476. The molecule has 2 amide bonds. The summed E-state index contributed by atoms with van der Waals surface area (Å²) in [6, 6.07) is 10.3. The summed E-state index contributed by atoms with van der Waals surface area (Å²) >= 11 is 0. The van der Waals surface area contributed by atoms with Crippen LogP contribution in [-0.2, 0) is 11.2 Å². The summed E-state index contributed by atoms with van der Waals surface area (Å²) in [7, 11) is 0. The highest BCUT2D eigenvalue weighted by Gasteiger charge is 2.07. The van der Waals surface area contributed by atoms with Crippen molar-refractivity contribution < 1.29 is 19.1 Å². The third kappa shape index (κ3) is 5.60. The molecule has 1 aromatic heterocycles. The number of anilines is 1. The second kappa shape index (κ2) is 8.75. The molecule has 0 aliphatic rings. The number of rotatable bonds is 8. The Morgan fingerprint density at radius 2 is 1.91 bits per heavy atom. The fraction of sp³-hybridized carbons (Fsp3) is 0.294. The molecular weight excluding hydrogens is 296 g/mol. The highest BCUT2D eigenvalue weighted by Crippen LogP contribution is 2.11. The molecule has 0 spiro atoms. The van der Waals surface area contributed by atoms with Crippen LogP contribution in [0.2, 0.25) is 0 Å². The molecule has 122 valence electrons. The molecular formula is C17H20N2O4. The molecule has 0 unspecified atom stereocenters. The van der Waals surface area contributed by atoms with Crippen molar-refractivity contribution in [3.05, 3.63) is 54.0 Å². The van der Waals surface area contributed by atoms with Crippen molar-refractivity contribution >= 4 is 17.5 Å². The van der Waals surface area contributed by atoms with Crippen molar-refractivity contribution in [2.75, 3.05) is 18.5 Å². The van der Waals surface area contributed by atoms with Gasteiger partial charge in [0, 0.05) is 37.2 Å². The SMILES string of the molecule is O=C(CCc1ccco1)Nc1ccc(C(=O)NCCCO)cc1. The largest absolute Gasteiger partial charge is 0.469 e. The van der Waals surface area contributed by atoms with Gasteiger partial charge in [-0.2, -0.15) is 0 Å². The molecule has 2 rings (SSSR count). The second-order valence-electron chi connectivity index (χ2n) is 5.04. The van der Waals surface area contributed by atoms with Crippen LogP contribution in [0.15, 0.2) is 47.1 Å². The summed E-state index contributed by atoms with van der Waals surface area (Å²) in [4.78, 5) is 23.6. The van der Waals surface area contributed by atoms with Gasteiger partial charge in [0.25, 0.3) is 5.91 Å². The smallest absolute Gasteiger partial charge is 0.251 e. The zero-order chi connectivity index (χ0) is 16.5. The lowest BCUT2D eigenvalue weighted by molar-refractivity contribution is -0.116. The summed E-state index contributed by atoms with van der Waals surface area (Å²) in [6.07, 6.45) is 2.98. The maximum absolute atomic E-state index is 11.8. The normalized spacial score (nSPS) is 10.3. The molecule has 1 heterocycles. The molecule has 0 saturated heterocycles. The molecule has 23 heavy (non-hydrogen) atoms. The van der Waals surface area contributed by atoms with Gasteiger partial charge in [-0.1, -0.05) is 0 Å². The molecule has 0 aliphatic carbocycles. The van der Waals surface area contributed by atoms with Crippen LogP contribution in [0.25, 0.3) is 0 Å². The number of carbonyl (C=O) groups excluding carboxylic acids is 2. The van der Waals surface area contributed by atoms with E-state index in [2.05, 4.69) is 10.6 Å². The van der Waals surface area contributed by atoms with Gasteiger partial charge in [0.1, 0.15) is 5.76 Å². The fourth-order valence-electron chi connectivity index (χ4n) is 2.00. The van der Waals surface area contributed by atoms with E-state index in [1.807, 2.05) is 6.07 Å². The van der Waals surface area contributed by atoms with E-state index in [9.17, 15) is 9.59 Å². The third-order valence-electron chi connectivity index (χ3n) is 3.23. The molecule has 0 radical (unpaired) electrons. The Hall–Kier alpha value is -2.60. The first kappa shape index (κ1) is 16.8. The van der Waals surface area contributed by atoms with Crippen molar-refractivity contribution in [2.24, 2.45) is 0 Å². The first-order valence-electron chi connectivity index (χ1n) is 7.50. The van der Waals surface area contributed by atoms with E-state index in [1.54, 1.807) is 36.6 Å². The predicted molar refractivity (Wildman–Crippen MR) is 86.1 cm³/mol. The van der Waals surface area contributed by atoms with Crippen LogP contribution in [-0.4, -0.2) is 30.1 Å². The third-order valence-corrected chi connectivity index (χ3v) is 3.23. The lowest BCUT2D eigenvalue weighted by atomic mass is 10.2. The monoisotopic (exact) mass is 316 g/mol.